The van der Waals surface area contributed by atoms with Gasteiger partial charge in [0.15, 0.2) is 5.82 Å². The molecule has 0 aliphatic carbocycles. The Labute approximate surface area is 123 Å². The van der Waals surface area contributed by atoms with Gasteiger partial charge >= 0.3 is 0 Å². The van der Waals surface area contributed by atoms with Crippen molar-refractivity contribution in [1.82, 2.24) is 15.5 Å². The fraction of sp³-hybridized carbons (Fsp3) is 0.467. The summed E-state index contributed by atoms with van der Waals surface area (Å²) in [5.41, 5.74) is 1.28. The van der Waals surface area contributed by atoms with Crippen LogP contribution >= 0.6 is 11.8 Å². The summed E-state index contributed by atoms with van der Waals surface area (Å²) in [6.45, 7) is 3.14. The van der Waals surface area contributed by atoms with E-state index in [2.05, 4.69) is 46.6 Å². The lowest BCUT2D eigenvalue weighted by molar-refractivity contribution is 0.296. The largest absolute Gasteiger partial charge is 0.338 e. The van der Waals surface area contributed by atoms with Crippen LogP contribution in [0.15, 0.2) is 33.7 Å². The fourth-order valence-electron chi connectivity index (χ4n) is 2.31. The van der Waals surface area contributed by atoms with Crippen molar-refractivity contribution in [2.24, 2.45) is 0 Å². The number of piperidine rings is 1. The third kappa shape index (κ3) is 3.41. The molecule has 0 amide bonds. The minimum absolute atomic E-state index is 0.245. The molecule has 1 aliphatic rings. The summed E-state index contributed by atoms with van der Waals surface area (Å²) < 4.78 is 5.37. The molecular weight excluding hydrogens is 270 g/mol. The predicted molar refractivity (Wildman–Crippen MR) is 79.6 cm³/mol. The Morgan fingerprint density at radius 1 is 1.30 bits per heavy atom. The highest BCUT2D eigenvalue weighted by Crippen LogP contribution is 2.24. The number of aryl methyl sites for hydroxylation is 1. The molecule has 0 saturated carbocycles. The van der Waals surface area contributed by atoms with Crippen LogP contribution in [-0.4, -0.2) is 16.7 Å². The van der Waals surface area contributed by atoms with Gasteiger partial charge in [-0.3, -0.25) is 0 Å². The summed E-state index contributed by atoms with van der Waals surface area (Å²) in [6.07, 6.45) is 3.56. The van der Waals surface area contributed by atoms with Gasteiger partial charge in [-0.15, -0.1) is 11.8 Å². The van der Waals surface area contributed by atoms with Gasteiger partial charge in [-0.05, 0) is 38.4 Å². The molecule has 3 rings (SSSR count). The lowest BCUT2D eigenvalue weighted by Crippen LogP contribution is -2.26. The van der Waals surface area contributed by atoms with Crippen molar-refractivity contribution in [2.45, 2.75) is 42.9 Å². The molecular formula is C15H19N3OS. The number of nitrogens with zero attached hydrogens (tertiary/aromatic N) is 2. The Balaban J connectivity index is 1.58. The van der Waals surface area contributed by atoms with Gasteiger partial charge in [-0.2, -0.15) is 4.98 Å². The summed E-state index contributed by atoms with van der Waals surface area (Å²) in [6, 6.07) is 8.74. The molecule has 1 fully saturated rings. The van der Waals surface area contributed by atoms with Crippen LogP contribution in [0.1, 0.15) is 42.6 Å². The second-order valence-corrected chi connectivity index (χ2v) is 6.20. The van der Waals surface area contributed by atoms with E-state index in [0.29, 0.717) is 0 Å². The van der Waals surface area contributed by atoms with Gasteiger partial charge in [0.1, 0.15) is 0 Å². The molecule has 20 heavy (non-hydrogen) atoms. The quantitative estimate of drug-likeness (QED) is 0.873. The SMILES string of the molecule is Cc1ccc(SCc2noc([C@@H]3CCCCN3)n2)cc1. The Kier molecular flexibility index (Phi) is 4.38. The lowest BCUT2D eigenvalue weighted by atomic mass is 10.1. The van der Waals surface area contributed by atoms with Crippen LogP contribution in [0.25, 0.3) is 0 Å². The third-order valence-corrected chi connectivity index (χ3v) is 4.49. The van der Waals surface area contributed by atoms with Crippen LogP contribution in [0.5, 0.6) is 0 Å². The number of aromatic nitrogens is 2. The average Bonchev–Trinajstić information content (AvgIpc) is 2.97. The molecule has 5 heteroatoms. The molecule has 1 aromatic carbocycles. The highest BCUT2D eigenvalue weighted by molar-refractivity contribution is 7.98. The van der Waals surface area contributed by atoms with E-state index >= 15 is 0 Å². The van der Waals surface area contributed by atoms with Gasteiger partial charge in [0.05, 0.1) is 11.8 Å². The smallest absolute Gasteiger partial charge is 0.243 e. The van der Waals surface area contributed by atoms with Gasteiger partial charge in [0, 0.05) is 4.90 Å². The van der Waals surface area contributed by atoms with Crippen LogP contribution in [0.2, 0.25) is 0 Å². The first kappa shape index (κ1) is 13.6. The summed E-state index contributed by atoms with van der Waals surface area (Å²) >= 11 is 1.74. The minimum Gasteiger partial charge on any atom is -0.338 e. The number of rotatable bonds is 4. The molecule has 1 saturated heterocycles. The first-order valence-electron chi connectivity index (χ1n) is 7.06. The highest BCUT2D eigenvalue weighted by Gasteiger charge is 2.20. The van der Waals surface area contributed by atoms with Crippen molar-refractivity contribution in [3.63, 3.8) is 0 Å². The average molecular weight is 289 g/mol. The van der Waals surface area contributed by atoms with Crippen LogP contribution in [0.3, 0.4) is 0 Å². The molecule has 4 nitrogen and oxygen atoms in total. The van der Waals surface area contributed by atoms with Gasteiger partial charge in [-0.25, -0.2) is 0 Å². The van der Waals surface area contributed by atoms with Crippen molar-refractivity contribution < 1.29 is 4.52 Å². The first-order chi connectivity index (χ1) is 9.81. The second-order valence-electron chi connectivity index (χ2n) is 5.15. The Morgan fingerprint density at radius 3 is 2.90 bits per heavy atom. The standard InChI is InChI=1S/C15H19N3OS/c1-11-5-7-12(8-6-11)20-10-14-17-15(19-18-14)13-4-2-3-9-16-13/h5-8,13,16H,2-4,9-10H2,1H3/t13-/m0/s1. The van der Waals surface area contributed by atoms with Crippen LogP contribution < -0.4 is 5.32 Å². The molecule has 2 aromatic rings. The molecule has 1 N–H and O–H groups in total. The summed E-state index contributed by atoms with van der Waals surface area (Å²) in [7, 11) is 0. The zero-order chi connectivity index (χ0) is 13.8. The maximum absolute atomic E-state index is 5.37. The number of nitrogens with one attached hydrogen (secondary N) is 1. The normalized spacial score (nSPS) is 19.1. The van der Waals surface area contributed by atoms with Gasteiger partial charge in [-0.1, -0.05) is 29.3 Å². The van der Waals surface area contributed by atoms with E-state index in [4.69, 9.17) is 4.52 Å². The zero-order valence-corrected chi connectivity index (χ0v) is 12.4. The molecule has 1 aromatic heterocycles. The number of hydrogen-bond acceptors (Lipinski definition) is 5. The predicted octanol–water partition coefficient (Wildman–Crippen LogP) is 3.48. The fourth-order valence-corrected chi connectivity index (χ4v) is 3.05. The Morgan fingerprint density at radius 2 is 2.15 bits per heavy atom. The Bertz CT molecular complexity index is 547. The first-order valence-corrected chi connectivity index (χ1v) is 8.05. The molecule has 0 spiro atoms. The molecule has 0 unspecified atom stereocenters. The molecule has 1 aliphatic heterocycles. The summed E-state index contributed by atoms with van der Waals surface area (Å²) in [4.78, 5) is 5.74. The van der Waals surface area contributed by atoms with Gasteiger partial charge < -0.3 is 9.84 Å². The third-order valence-electron chi connectivity index (χ3n) is 3.48. The summed E-state index contributed by atoms with van der Waals surface area (Å²) in [5, 5.41) is 7.50. The van der Waals surface area contributed by atoms with Crippen LogP contribution in [0.4, 0.5) is 0 Å². The topological polar surface area (TPSA) is 51.0 Å². The van der Waals surface area contributed by atoms with Crippen molar-refractivity contribution in [3.05, 3.63) is 41.5 Å². The maximum Gasteiger partial charge on any atom is 0.243 e. The maximum atomic E-state index is 5.37. The van der Waals surface area contributed by atoms with Gasteiger partial charge in [0.25, 0.3) is 0 Å². The van der Waals surface area contributed by atoms with E-state index in [0.717, 1.165) is 30.4 Å². The second kappa shape index (κ2) is 6.41. The van der Waals surface area contributed by atoms with Crippen molar-refractivity contribution in [2.75, 3.05) is 6.54 Å². The van der Waals surface area contributed by atoms with E-state index in [1.165, 1.54) is 23.3 Å². The lowest BCUT2D eigenvalue weighted by Gasteiger charge is -2.19. The monoisotopic (exact) mass is 289 g/mol. The molecule has 2 heterocycles. The number of benzene rings is 1. The van der Waals surface area contributed by atoms with Crippen molar-refractivity contribution in [3.8, 4) is 0 Å². The van der Waals surface area contributed by atoms with E-state index in [1.807, 2.05) is 0 Å². The minimum atomic E-state index is 0.245. The zero-order valence-electron chi connectivity index (χ0n) is 11.6. The van der Waals surface area contributed by atoms with Gasteiger partial charge in [0.2, 0.25) is 5.89 Å². The summed E-state index contributed by atoms with van der Waals surface area (Å²) in [5.74, 6) is 2.27. The van der Waals surface area contributed by atoms with Crippen LogP contribution in [-0.2, 0) is 5.75 Å². The van der Waals surface area contributed by atoms with Crippen molar-refractivity contribution in [1.29, 1.82) is 0 Å². The van der Waals surface area contributed by atoms with E-state index < -0.39 is 0 Å². The molecule has 106 valence electrons. The van der Waals surface area contributed by atoms with E-state index in [1.54, 1.807) is 11.8 Å². The molecule has 1 atom stereocenters. The highest BCUT2D eigenvalue weighted by atomic mass is 32.2. The number of hydrogen-bond donors (Lipinski definition) is 1. The molecule has 0 radical (unpaired) electrons. The van der Waals surface area contributed by atoms with E-state index in [-0.39, 0.29) is 6.04 Å². The molecule has 0 bridgehead atoms. The van der Waals surface area contributed by atoms with Crippen LogP contribution in [0, 0.1) is 6.92 Å². The number of thioether (sulfide) groups is 1. The van der Waals surface area contributed by atoms with E-state index in [9.17, 15) is 0 Å². The van der Waals surface area contributed by atoms with Crippen molar-refractivity contribution >= 4 is 11.8 Å². The Hall–Kier alpha value is -1.33.